The Kier molecular flexibility index (Phi) is 4.67. The SMILES string of the molecule is CN(C(=O)CCC(=O)O)c1oc(-c2cccc3ccccc23)nc1C#N. The first kappa shape index (κ1) is 17.2. The molecule has 0 atom stereocenters. The van der Waals surface area contributed by atoms with E-state index in [1.54, 1.807) is 0 Å². The van der Waals surface area contributed by atoms with Gasteiger partial charge >= 0.3 is 5.97 Å². The van der Waals surface area contributed by atoms with Crippen LogP contribution in [0.3, 0.4) is 0 Å². The molecule has 0 saturated carbocycles. The van der Waals surface area contributed by atoms with Gasteiger partial charge in [-0.1, -0.05) is 36.4 Å². The number of nitrogens with zero attached hydrogens (tertiary/aromatic N) is 3. The van der Waals surface area contributed by atoms with Crippen molar-refractivity contribution in [1.29, 1.82) is 5.26 Å². The van der Waals surface area contributed by atoms with E-state index in [9.17, 15) is 14.9 Å². The molecule has 0 radical (unpaired) electrons. The maximum atomic E-state index is 12.1. The number of nitriles is 1. The number of carboxylic acids is 1. The molecule has 2 aromatic carbocycles. The summed E-state index contributed by atoms with van der Waals surface area (Å²) >= 11 is 0. The average Bonchev–Trinajstić information content (AvgIpc) is 3.09. The van der Waals surface area contributed by atoms with Gasteiger partial charge < -0.3 is 9.52 Å². The number of anilines is 1. The number of hydrogen-bond donors (Lipinski definition) is 1. The Balaban J connectivity index is 2.00. The first-order valence-electron chi connectivity index (χ1n) is 7.88. The molecular formula is C19H15N3O4. The molecule has 3 rings (SSSR count). The van der Waals surface area contributed by atoms with Crippen molar-refractivity contribution in [3.8, 4) is 17.5 Å². The standard InChI is InChI=1S/C19H15N3O4/c1-22(16(23)9-10-17(24)25)19-15(11-20)21-18(26-19)14-8-4-6-12-5-2-3-7-13(12)14/h2-8H,9-10H2,1H3,(H,24,25). The topological polar surface area (TPSA) is 107 Å². The molecule has 7 nitrogen and oxygen atoms in total. The Labute approximate surface area is 149 Å². The molecule has 0 bridgehead atoms. The van der Waals surface area contributed by atoms with E-state index in [0.717, 1.165) is 15.7 Å². The minimum atomic E-state index is -1.07. The van der Waals surface area contributed by atoms with Crippen molar-refractivity contribution in [3.63, 3.8) is 0 Å². The summed E-state index contributed by atoms with van der Waals surface area (Å²) in [7, 11) is 1.43. The van der Waals surface area contributed by atoms with Gasteiger partial charge in [0.25, 0.3) is 0 Å². The zero-order chi connectivity index (χ0) is 18.7. The van der Waals surface area contributed by atoms with Crippen LogP contribution in [-0.4, -0.2) is 29.0 Å². The highest BCUT2D eigenvalue weighted by atomic mass is 16.4. The molecule has 1 N–H and O–H groups in total. The van der Waals surface area contributed by atoms with Gasteiger partial charge in [-0.2, -0.15) is 10.2 Å². The molecule has 0 saturated heterocycles. The lowest BCUT2D eigenvalue weighted by atomic mass is 10.0. The number of aromatic nitrogens is 1. The highest BCUT2D eigenvalue weighted by molar-refractivity contribution is 5.96. The van der Waals surface area contributed by atoms with E-state index in [1.807, 2.05) is 48.5 Å². The van der Waals surface area contributed by atoms with Crippen molar-refractivity contribution >= 4 is 28.5 Å². The molecule has 1 amide bonds. The number of benzene rings is 2. The lowest BCUT2D eigenvalue weighted by Gasteiger charge is -2.13. The van der Waals surface area contributed by atoms with Crippen LogP contribution in [0, 0.1) is 11.3 Å². The van der Waals surface area contributed by atoms with Gasteiger partial charge in [-0.3, -0.25) is 14.5 Å². The number of carboxylic acid groups (broad SMARTS) is 1. The third-order valence-electron chi connectivity index (χ3n) is 3.97. The van der Waals surface area contributed by atoms with Crippen molar-refractivity contribution in [3.05, 3.63) is 48.2 Å². The Hall–Kier alpha value is -3.66. The molecule has 0 aliphatic carbocycles. The molecule has 0 aliphatic heterocycles. The van der Waals surface area contributed by atoms with Crippen LogP contribution in [0.2, 0.25) is 0 Å². The summed E-state index contributed by atoms with van der Waals surface area (Å²) < 4.78 is 5.71. The number of carbonyl (C=O) groups is 2. The zero-order valence-electron chi connectivity index (χ0n) is 14.0. The van der Waals surface area contributed by atoms with Crippen molar-refractivity contribution in [2.24, 2.45) is 0 Å². The summed E-state index contributed by atoms with van der Waals surface area (Å²) in [6.07, 6.45) is -0.490. The van der Waals surface area contributed by atoms with E-state index in [1.165, 1.54) is 7.05 Å². The number of fused-ring (bicyclic) bond motifs is 1. The van der Waals surface area contributed by atoms with Crippen LogP contribution in [0.25, 0.3) is 22.2 Å². The summed E-state index contributed by atoms with van der Waals surface area (Å²) in [5.74, 6) is -1.30. The second-order valence-electron chi connectivity index (χ2n) is 5.66. The summed E-state index contributed by atoms with van der Waals surface area (Å²) in [6, 6.07) is 15.2. The second-order valence-corrected chi connectivity index (χ2v) is 5.66. The van der Waals surface area contributed by atoms with Gasteiger partial charge in [-0.15, -0.1) is 0 Å². The fourth-order valence-corrected chi connectivity index (χ4v) is 2.63. The molecule has 130 valence electrons. The zero-order valence-corrected chi connectivity index (χ0v) is 14.0. The van der Waals surface area contributed by atoms with Gasteiger partial charge in [-0.05, 0) is 16.8 Å². The Bertz CT molecular complexity index is 1030. The van der Waals surface area contributed by atoms with Gasteiger partial charge in [0.2, 0.25) is 23.4 Å². The normalized spacial score (nSPS) is 10.5. The van der Waals surface area contributed by atoms with E-state index in [2.05, 4.69) is 4.98 Å². The minimum absolute atomic E-state index is 0.00539. The second kappa shape index (κ2) is 7.07. The summed E-state index contributed by atoms with van der Waals surface area (Å²) in [4.78, 5) is 28.1. The van der Waals surface area contributed by atoms with Gasteiger partial charge in [0.05, 0.1) is 6.42 Å². The third kappa shape index (κ3) is 3.26. The lowest BCUT2D eigenvalue weighted by Crippen LogP contribution is -2.26. The summed E-state index contributed by atoms with van der Waals surface area (Å²) in [6.45, 7) is 0. The van der Waals surface area contributed by atoms with E-state index in [0.29, 0.717) is 5.56 Å². The first-order valence-corrected chi connectivity index (χ1v) is 7.88. The van der Waals surface area contributed by atoms with Crippen molar-refractivity contribution < 1.29 is 19.1 Å². The molecule has 26 heavy (non-hydrogen) atoms. The molecule has 0 unspecified atom stereocenters. The van der Waals surface area contributed by atoms with E-state index < -0.39 is 11.9 Å². The van der Waals surface area contributed by atoms with Gasteiger partial charge in [-0.25, -0.2) is 0 Å². The Morgan fingerprint density at radius 2 is 1.92 bits per heavy atom. The molecule has 0 aliphatic rings. The number of rotatable bonds is 5. The maximum absolute atomic E-state index is 12.1. The molecular weight excluding hydrogens is 334 g/mol. The van der Waals surface area contributed by atoms with E-state index >= 15 is 0 Å². The third-order valence-corrected chi connectivity index (χ3v) is 3.97. The van der Waals surface area contributed by atoms with Crippen LogP contribution in [0.5, 0.6) is 0 Å². The number of aliphatic carboxylic acids is 1. The molecule has 0 fully saturated rings. The van der Waals surface area contributed by atoms with Gasteiger partial charge in [0.1, 0.15) is 6.07 Å². The predicted octanol–water partition coefficient (Wildman–Crippen LogP) is 3.19. The molecule has 0 spiro atoms. The van der Waals surface area contributed by atoms with Crippen molar-refractivity contribution in [1.82, 2.24) is 4.98 Å². The maximum Gasteiger partial charge on any atom is 0.303 e. The molecule has 7 heteroatoms. The van der Waals surface area contributed by atoms with Crippen LogP contribution >= 0.6 is 0 Å². The van der Waals surface area contributed by atoms with E-state index in [-0.39, 0.29) is 30.3 Å². The van der Waals surface area contributed by atoms with Gasteiger partial charge in [0.15, 0.2) is 0 Å². The Morgan fingerprint density at radius 3 is 2.65 bits per heavy atom. The minimum Gasteiger partial charge on any atom is -0.481 e. The van der Waals surface area contributed by atoms with Crippen molar-refractivity contribution in [2.75, 3.05) is 11.9 Å². The average molecular weight is 349 g/mol. The van der Waals surface area contributed by atoms with Gasteiger partial charge in [0, 0.05) is 19.0 Å². The summed E-state index contributed by atoms with van der Waals surface area (Å²) in [5.41, 5.74) is 0.677. The number of carbonyl (C=O) groups excluding carboxylic acids is 1. The predicted molar refractivity (Wildman–Crippen MR) is 94.4 cm³/mol. The Morgan fingerprint density at radius 1 is 1.19 bits per heavy atom. The van der Waals surface area contributed by atoms with Crippen LogP contribution in [-0.2, 0) is 9.59 Å². The lowest BCUT2D eigenvalue weighted by molar-refractivity contribution is -0.138. The largest absolute Gasteiger partial charge is 0.481 e. The van der Waals surface area contributed by atoms with Crippen LogP contribution < -0.4 is 4.90 Å². The molecule has 1 aromatic heterocycles. The van der Waals surface area contributed by atoms with Crippen LogP contribution in [0.4, 0.5) is 5.88 Å². The highest BCUT2D eigenvalue weighted by Gasteiger charge is 2.23. The molecule has 1 heterocycles. The molecule has 3 aromatic rings. The number of oxazole rings is 1. The quantitative estimate of drug-likeness (QED) is 0.758. The highest BCUT2D eigenvalue weighted by Crippen LogP contribution is 2.32. The summed E-state index contributed by atoms with van der Waals surface area (Å²) in [5, 5.41) is 20.0. The van der Waals surface area contributed by atoms with Crippen molar-refractivity contribution in [2.45, 2.75) is 12.8 Å². The fourth-order valence-electron chi connectivity index (χ4n) is 2.63. The fraction of sp³-hybridized carbons (Fsp3) is 0.158. The monoisotopic (exact) mass is 349 g/mol. The first-order chi connectivity index (χ1) is 12.5. The van der Waals surface area contributed by atoms with Crippen LogP contribution in [0.15, 0.2) is 46.9 Å². The number of hydrogen-bond acceptors (Lipinski definition) is 5. The van der Waals surface area contributed by atoms with E-state index in [4.69, 9.17) is 9.52 Å². The smallest absolute Gasteiger partial charge is 0.303 e. The number of amides is 1. The van der Waals surface area contributed by atoms with Crippen LogP contribution in [0.1, 0.15) is 18.5 Å².